The smallest absolute Gasteiger partial charge is 0.211 e. The van der Waals surface area contributed by atoms with E-state index in [-0.39, 0.29) is 17.8 Å². The minimum absolute atomic E-state index is 0.00650. The van der Waals surface area contributed by atoms with Gasteiger partial charge in [-0.3, -0.25) is 9.80 Å². The maximum absolute atomic E-state index is 11.7. The van der Waals surface area contributed by atoms with Crippen LogP contribution in [0.25, 0.3) is 0 Å². The maximum atomic E-state index is 11.7. The molecular weight excluding hydrogens is 596 g/mol. The molecule has 2 atom stereocenters. The van der Waals surface area contributed by atoms with Crippen molar-refractivity contribution in [2.24, 2.45) is 0 Å². The lowest BCUT2D eigenvalue weighted by atomic mass is 9.87. The van der Waals surface area contributed by atoms with E-state index < -0.39 is 0 Å². The van der Waals surface area contributed by atoms with Crippen LogP contribution in [-0.2, 0) is 25.7 Å². The highest BCUT2D eigenvalue weighted by Crippen LogP contribution is 2.52. The fourth-order valence-electron chi connectivity index (χ4n) is 7.37. The fraction of sp³-hybridized carbons (Fsp3) is 0.368. The van der Waals surface area contributed by atoms with Gasteiger partial charge in [0.15, 0.2) is 34.5 Å². The molecule has 4 aromatic carbocycles. The van der Waals surface area contributed by atoms with Crippen LogP contribution in [0.4, 0.5) is 0 Å². The molecule has 6 bridgehead atoms. The summed E-state index contributed by atoms with van der Waals surface area (Å²) in [6.45, 7) is 1.74. The number of fused-ring (bicyclic) bond motifs is 2. The van der Waals surface area contributed by atoms with Crippen molar-refractivity contribution in [3.63, 3.8) is 0 Å². The summed E-state index contributed by atoms with van der Waals surface area (Å²) in [5.41, 5.74) is 6.50. The van der Waals surface area contributed by atoms with Crippen molar-refractivity contribution in [3.05, 3.63) is 88.0 Å². The highest BCUT2D eigenvalue weighted by atomic mass is 16.5. The first-order valence-corrected chi connectivity index (χ1v) is 16.1. The monoisotopic (exact) mass is 638 g/mol. The zero-order valence-corrected chi connectivity index (χ0v) is 27.9. The minimum atomic E-state index is -0.0596. The number of hydrogen-bond acceptors (Lipinski definition) is 9. The first kappa shape index (κ1) is 31.0. The zero-order valence-electron chi connectivity index (χ0n) is 27.9. The molecule has 4 heterocycles. The van der Waals surface area contributed by atoms with Crippen LogP contribution in [0.3, 0.4) is 0 Å². The Kier molecular flexibility index (Phi) is 8.28. The largest absolute Gasteiger partial charge is 0.502 e. The standard InChI is InChI=1S/C38H42N2O7/c1-39-15-13-23-19-31(43-4)32-21-27(23)28(39)18-25-9-12-30(42-3)37(36(25)45-6)46-26-10-7-22(8-11-26)17-29-34-24(14-16-40(29)2)20-33(44-5)35(41)38(34)47-32/h7-12,19-21,28-29,41H,13-18H2,1-6H3. The van der Waals surface area contributed by atoms with Crippen LogP contribution in [0.1, 0.15) is 45.5 Å². The third-order valence-corrected chi connectivity index (χ3v) is 9.99. The van der Waals surface area contributed by atoms with Crippen molar-refractivity contribution < 1.29 is 33.5 Å². The summed E-state index contributed by atoms with van der Waals surface area (Å²) in [6.07, 6.45) is 3.03. The lowest BCUT2D eigenvalue weighted by Crippen LogP contribution is -2.34. The van der Waals surface area contributed by atoms with Gasteiger partial charge in [-0.2, -0.15) is 0 Å². The number of benzene rings is 4. The van der Waals surface area contributed by atoms with Crippen LogP contribution < -0.4 is 28.4 Å². The van der Waals surface area contributed by atoms with Gasteiger partial charge in [0.05, 0.1) is 28.4 Å². The summed E-state index contributed by atoms with van der Waals surface area (Å²) in [4.78, 5) is 4.68. The molecule has 0 radical (unpaired) electrons. The summed E-state index contributed by atoms with van der Waals surface area (Å²) in [7, 11) is 10.8. The van der Waals surface area contributed by atoms with Gasteiger partial charge in [-0.25, -0.2) is 0 Å². The van der Waals surface area contributed by atoms with Gasteiger partial charge in [-0.05, 0) is 98.4 Å². The Morgan fingerprint density at radius 2 is 1.34 bits per heavy atom. The maximum Gasteiger partial charge on any atom is 0.211 e. The average Bonchev–Trinajstić information content (AvgIpc) is 3.08. The Balaban J connectivity index is 1.47. The van der Waals surface area contributed by atoms with E-state index in [1.54, 1.807) is 28.4 Å². The van der Waals surface area contributed by atoms with Crippen molar-refractivity contribution >= 4 is 0 Å². The Morgan fingerprint density at radius 1 is 0.660 bits per heavy atom. The van der Waals surface area contributed by atoms with Gasteiger partial charge in [-0.15, -0.1) is 0 Å². The molecule has 47 heavy (non-hydrogen) atoms. The summed E-state index contributed by atoms with van der Waals surface area (Å²) in [6, 6.07) is 18.2. The van der Waals surface area contributed by atoms with Gasteiger partial charge in [0.1, 0.15) is 5.75 Å². The summed E-state index contributed by atoms with van der Waals surface area (Å²) in [5.74, 6) is 4.41. The summed E-state index contributed by atoms with van der Waals surface area (Å²) in [5, 5.41) is 11.7. The topological polar surface area (TPSA) is 82.1 Å². The first-order valence-electron chi connectivity index (χ1n) is 16.1. The van der Waals surface area contributed by atoms with Gasteiger partial charge < -0.3 is 33.5 Å². The van der Waals surface area contributed by atoms with E-state index in [2.05, 4.69) is 48.2 Å². The summed E-state index contributed by atoms with van der Waals surface area (Å²) < 4.78 is 36.7. The van der Waals surface area contributed by atoms with Crippen molar-refractivity contribution in [1.82, 2.24) is 9.80 Å². The molecule has 2 unspecified atom stereocenters. The second kappa shape index (κ2) is 12.5. The molecular formula is C38H42N2O7. The molecule has 9 nitrogen and oxygen atoms in total. The minimum Gasteiger partial charge on any atom is -0.502 e. The Bertz CT molecular complexity index is 1810. The number of methoxy groups -OCH3 is 4. The number of nitrogens with zero attached hydrogens (tertiary/aromatic N) is 2. The molecule has 0 aromatic heterocycles. The van der Waals surface area contributed by atoms with Crippen molar-refractivity contribution in [1.29, 1.82) is 0 Å². The molecule has 0 saturated heterocycles. The molecule has 0 fully saturated rings. The molecule has 0 aliphatic carbocycles. The predicted octanol–water partition coefficient (Wildman–Crippen LogP) is 6.87. The van der Waals surface area contributed by atoms with Gasteiger partial charge in [0.2, 0.25) is 11.5 Å². The molecule has 1 N–H and O–H groups in total. The number of rotatable bonds is 4. The third kappa shape index (κ3) is 5.47. The van der Waals surface area contributed by atoms with Crippen LogP contribution in [0.2, 0.25) is 0 Å². The van der Waals surface area contributed by atoms with Crippen LogP contribution in [0, 0.1) is 0 Å². The number of phenolic OH excluding ortho intramolecular Hbond substituents is 1. The molecule has 0 spiro atoms. The Labute approximate surface area is 276 Å². The molecule has 0 saturated carbocycles. The quantitative estimate of drug-likeness (QED) is 0.258. The van der Waals surface area contributed by atoms with Crippen LogP contribution >= 0.6 is 0 Å². The predicted molar refractivity (Wildman–Crippen MR) is 179 cm³/mol. The van der Waals surface area contributed by atoms with E-state index >= 15 is 0 Å². The van der Waals surface area contributed by atoms with E-state index in [1.165, 1.54) is 5.56 Å². The Morgan fingerprint density at radius 3 is 2.04 bits per heavy atom. The molecule has 0 amide bonds. The van der Waals surface area contributed by atoms with Gasteiger partial charge >= 0.3 is 0 Å². The highest BCUT2D eigenvalue weighted by Gasteiger charge is 2.34. The molecule has 246 valence electrons. The van der Waals surface area contributed by atoms with Crippen LogP contribution in [0.15, 0.2) is 54.6 Å². The van der Waals surface area contributed by atoms with E-state index in [4.69, 9.17) is 28.4 Å². The lowest BCUT2D eigenvalue weighted by molar-refractivity contribution is 0.220. The molecule has 4 aliphatic rings. The van der Waals surface area contributed by atoms with Gasteiger partial charge in [-0.1, -0.05) is 18.2 Å². The van der Waals surface area contributed by atoms with Gasteiger partial charge in [0.25, 0.3) is 0 Å². The highest BCUT2D eigenvalue weighted by molar-refractivity contribution is 5.63. The van der Waals surface area contributed by atoms with E-state index in [9.17, 15) is 5.11 Å². The molecule has 4 aromatic rings. The second-order valence-corrected chi connectivity index (χ2v) is 12.6. The van der Waals surface area contributed by atoms with E-state index in [1.807, 2.05) is 30.3 Å². The van der Waals surface area contributed by atoms with Gasteiger partial charge in [0, 0.05) is 36.3 Å². The Hall–Kier alpha value is -4.60. The SMILES string of the molecule is COc1cc2c3cc1Oc1c(O)c(OC)cc4c1C(Cc1ccc(cc1)Oc1c(OC)ccc(c1OC)CC3N(C)CC2)N(C)CC4. The molecule has 8 rings (SSSR count). The van der Waals surface area contributed by atoms with Crippen LogP contribution in [-0.4, -0.2) is 70.5 Å². The third-order valence-electron chi connectivity index (χ3n) is 9.99. The summed E-state index contributed by atoms with van der Waals surface area (Å²) >= 11 is 0. The number of phenols is 1. The molecule has 4 aliphatic heterocycles. The lowest BCUT2D eigenvalue weighted by Gasteiger charge is -2.37. The van der Waals surface area contributed by atoms with Crippen molar-refractivity contribution in [3.8, 4) is 51.7 Å². The normalized spacial score (nSPS) is 19.0. The van der Waals surface area contributed by atoms with E-state index in [0.717, 1.165) is 53.7 Å². The zero-order chi connectivity index (χ0) is 32.8. The molecule has 9 heteroatoms. The first-order chi connectivity index (χ1) is 22.8. The van der Waals surface area contributed by atoms with E-state index in [0.29, 0.717) is 58.8 Å². The second-order valence-electron chi connectivity index (χ2n) is 12.6. The number of aromatic hydroxyl groups is 1. The van der Waals surface area contributed by atoms with Crippen molar-refractivity contribution in [2.45, 2.75) is 37.8 Å². The average molecular weight is 639 g/mol. The fourth-order valence-corrected chi connectivity index (χ4v) is 7.37. The number of ether oxygens (including phenoxy) is 6. The van der Waals surface area contributed by atoms with Crippen LogP contribution in [0.5, 0.6) is 51.7 Å². The van der Waals surface area contributed by atoms with Crippen molar-refractivity contribution in [2.75, 3.05) is 55.6 Å². The number of likely N-dealkylation sites (N-methyl/N-ethyl adjacent to an activating group) is 2. The number of hydrogen-bond donors (Lipinski definition) is 1.